The molecule has 0 unspecified atom stereocenters. The maximum absolute atomic E-state index is 10.2. The van der Waals surface area contributed by atoms with Crippen molar-refractivity contribution in [1.29, 1.82) is 0 Å². The fourth-order valence-corrected chi connectivity index (χ4v) is 1.25. The average molecular weight is 307 g/mol. The summed E-state index contributed by atoms with van der Waals surface area (Å²) in [4.78, 5) is 20.1. The minimum atomic E-state index is -0.853. The molecule has 0 spiro atoms. The molecule has 0 aliphatic heterocycles. The van der Waals surface area contributed by atoms with Crippen LogP contribution in [0.1, 0.15) is 6.42 Å². The van der Waals surface area contributed by atoms with Crippen molar-refractivity contribution in [3.8, 4) is 0 Å². The van der Waals surface area contributed by atoms with Gasteiger partial charge in [0, 0.05) is 13.1 Å². The summed E-state index contributed by atoms with van der Waals surface area (Å²) in [7, 11) is 0. The number of carboxylic acid groups (broad SMARTS) is 1. The zero-order valence-electron chi connectivity index (χ0n) is 12.3. The molecule has 0 saturated heterocycles. The first-order valence-corrected chi connectivity index (χ1v) is 6.94. The van der Waals surface area contributed by atoms with Crippen LogP contribution in [0.2, 0.25) is 0 Å². The lowest BCUT2D eigenvalue weighted by atomic mass is 10.5. The predicted octanol–water partition coefficient (Wildman–Crippen LogP) is -0.684. The normalized spacial score (nSPS) is 10.7. The molecule has 21 heavy (non-hydrogen) atoms. The summed E-state index contributed by atoms with van der Waals surface area (Å²) >= 11 is 0. The molecule has 0 aromatic rings. The van der Waals surface area contributed by atoms with E-state index in [1.165, 1.54) is 0 Å². The summed E-state index contributed by atoms with van der Waals surface area (Å²) in [6.45, 7) is 4.60. The molecule has 124 valence electrons. The lowest BCUT2D eigenvalue weighted by Crippen LogP contribution is -2.25. The van der Waals surface area contributed by atoms with E-state index >= 15 is 0 Å². The molecular weight excluding hydrogens is 282 g/mol. The lowest BCUT2D eigenvalue weighted by Gasteiger charge is -2.07. The van der Waals surface area contributed by atoms with Crippen LogP contribution >= 0.6 is 0 Å². The Morgan fingerprint density at radius 2 is 1.38 bits per heavy atom. The van der Waals surface area contributed by atoms with Gasteiger partial charge in [0.05, 0.1) is 52.7 Å². The highest BCUT2D eigenvalue weighted by molar-refractivity contribution is 5.66. The van der Waals surface area contributed by atoms with Gasteiger partial charge in [-0.3, -0.25) is 4.79 Å². The number of carboxylic acids is 1. The summed E-state index contributed by atoms with van der Waals surface area (Å²) in [5.74, 6) is -0.853. The topological polar surface area (TPSA) is 103 Å². The molecule has 0 bridgehead atoms. The highest BCUT2D eigenvalue weighted by Gasteiger charge is 1.96. The first kappa shape index (κ1) is 19.9. The van der Waals surface area contributed by atoms with Crippen LogP contribution in [-0.4, -0.2) is 83.3 Å². The molecule has 0 amide bonds. The van der Waals surface area contributed by atoms with Crippen molar-refractivity contribution in [3.63, 3.8) is 0 Å². The van der Waals surface area contributed by atoms with Crippen LogP contribution in [0.3, 0.4) is 0 Å². The minimum Gasteiger partial charge on any atom is -0.481 e. The number of aldehydes is 1. The van der Waals surface area contributed by atoms with E-state index in [-0.39, 0.29) is 19.6 Å². The summed E-state index contributed by atoms with van der Waals surface area (Å²) in [5, 5.41) is 11.5. The van der Waals surface area contributed by atoms with Gasteiger partial charge in [-0.15, -0.1) is 0 Å². The molecule has 0 aliphatic rings. The van der Waals surface area contributed by atoms with Gasteiger partial charge in [-0.1, -0.05) is 0 Å². The van der Waals surface area contributed by atoms with Crippen molar-refractivity contribution in [2.24, 2.45) is 0 Å². The van der Waals surface area contributed by atoms with E-state index in [2.05, 4.69) is 5.32 Å². The van der Waals surface area contributed by atoms with Gasteiger partial charge in [0.15, 0.2) is 0 Å². The fourth-order valence-electron chi connectivity index (χ4n) is 1.25. The van der Waals surface area contributed by atoms with Crippen molar-refractivity contribution < 1.29 is 33.6 Å². The number of carbonyl (C=O) groups is 2. The summed E-state index contributed by atoms with van der Waals surface area (Å²) in [6.07, 6.45) is 0.733. The van der Waals surface area contributed by atoms with E-state index in [1.807, 2.05) is 0 Å². The molecule has 0 aromatic heterocycles. The van der Waals surface area contributed by atoms with Crippen LogP contribution in [0.25, 0.3) is 0 Å². The van der Waals surface area contributed by atoms with Crippen molar-refractivity contribution in [1.82, 2.24) is 5.32 Å². The number of hydrogen-bond donors (Lipinski definition) is 2. The molecule has 8 nitrogen and oxygen atoms in total. The van der Waals surface area contributed by atoms with E-state index < -0.39 is 5.97 Å². The van der Waals surface area contributed by atoms with Gasteiger partial charge in [0.25, 0.3) is 0 Å². The number of hydrogen-bond acceptors (Lipinski definition) is 7. The number of rotatable bonds is 17. The fraction of sp³-hybridized carbons (Fsp3) is 0.846. The van der Waals surface area contributed by atoms with Gasteiger partial charge in [0.2, 0.25) is 0 Å². The van der Waals surface area contributed by atoms with E-state index in [4.69, 9.17) is 24.1 Å². The molecule has 0 aliphatic carbocycles. The van der Waals surface area contributed by atoms with Crippen LogP contribution in [0.4, 0.5) is 0 Å². The number of nitrogens with one attached hydrogen (secondary N) is 1. The van der Waals surface area contributed by atoms with Crippen molar-refractivity contribution >= 4 is 12.3 Å². The second-order valence-electron chi connectivity index (χ2n) is 3.97. The van der Waals surface area contributed by atoms with Gasteiger partial charge >= 0.3 is 5.97 Å². The number of ether oxygens (including phenoxy) is 4. The minimum absolute atomic E-state index is 0.0310. The summed E-state index contributed by atoms with van der Waals surface area (Å²) in [6, 6.07) is 0. The standard InChI is InChI=1S/C13H25NO7/c15-4-8-20-10-12-21-11-9-19-7-3-14-2-6-18-5-1-13(16)17/h4,14H,1-3,5-12H2,(H,16,17). The Morgan fingerprint density at radius 3 is 1.95 bits per heavy atom. The Bertz CT molecular complexity index is 251. The quantitative estimate of drug-likeness (QED) is 0.269. The van der Waals surface area contributed by atoms with Crippen molar-refractivity contribution in [3.05, 3.63) is 0 Å². The molecule has 0 atom stereocenters. The van der Waals surface area contributed by atoms with Crippen LogP contribution in [-0.2, 0) is 28.5 Å². The van der Waals surface area contributed by atoms with Crippen LogP contribution in [0.5, 0.6) is 0 Å². The molecular formula is C13H25NO7. The molecule has 0 rings (SSSR count). The van der Waals surface area contributed by atoms with Crippen molar-refractivity contribution in [2.45, 2.75) is 6.42 Å². The highest BCUT2D eigenvalue weighted by Crippen LogP contribution is 1.82. The average Bonchev–Trinajstić information content (AvgIpc) is 2.46. The van der Waals surface area contributed by atoms with Crippen LogP contribution in [0, 0.1) is 0 Å². The monoisotopic (exact) mass is 307 g/mol. The third-order valence-corrected chi connectivity index (χ3v) is 2.24. The van der Waals surface area contributed by atoms with Gasteiger partial charge < -0.3 is 34.2 Å². The highest BCUT2D eigenvalue weighted by atomic mass is 16.5. The van der Waals surface area contributed by atoms with E-state index in [0.29, 0.717) is 59.0 Å². The SMILES string of the molecule is O=CCOCCOCCOCCNCCOCCC(=O)O. The first-order valence-electron chi connectivity index (χ1n) is 6.94. The van der Waals surface area contributed by atoms with E-state index in [9.17, 15) is 9.59 Å². The zero-order valence-corrected chi connectivity index (χ0v) is 12.3. The molecule has 0 radical (unpaired) electrons. The Morgan fingerprint density at radius 1 is 0.857 bits per heavy atom. The maximum Gasteiger partial charge on any atom is 0.305 e. The molecule has 0 heterocycles. The van der Waals surface area contributed by atoms with Crippen LogP contribution in [0.15, 0.2) is 0 Å². The maximum atomic E-state index is 10.2. The van der Waals surface area contributed by atoms with E-state index in [0.717, 1.165) is 0 Å². The molecule has 2 N–H and O–H groups in total. The van der Waals surface area contributed by atoms with E-state index in [1.54, 1.807) is 0 Å². The number of aliphatic carboxylic acids is 1. The third-order valence-electron chi connectivity index (χ3n) is 2.24. The molecule has 0 aromatic carbocycles. The smallest absolute Gasteiger partial charge is 0.305 e. The molecule has 0 fully saturated rings. The lowest BCUT2D eigenvalue weighted by molar-refractivity contribution is -0.138. The van der Waals surface area contributed by atoms with Crippen LogP contribution < -0.4 is 5.32 Å². The first-order chi connectivity index (χ1) is 10.3. The van der Waals surface area contributed by atoms with Gasteiger partial charge in [-0.05, 0) is 0 Å². The third kappa shape index (κ3) is 18.9. The van der Waals surface area contributed by atoms with Gasteiger partial charge in [-0.25, -0.2) is 0 Å². The summed E-state index contributed by atoms with van der Waals surface area (Å²) in [5.41, 5.74) is 0. The van der Waals surface area contributed by atoms with Gasteiger partial charge in [-0.2, -0.15) is 0 Å². The second kappa shape index (κ2) is 17.0. The Hall–Kier alpha value is -1.06. The van der Waals surface area contributed by atoms with Crippen molar-refractivity contribution in [2.75, 3.05) is 65.9 Å². The Labute approximate surface area is 124 Å². The Balaban J connectivity index is 2.96. The zero-order chi connectivity index (χ0) is 15.6. The largest absolute Gasteiger partial charge is 0.481 e. The predicted molar refractivity (Wildman–Crippen MR) is 74.5 cm³/mol. The summed E-state index contributed by atoms with van der Waals surface area (Å²) < 4.78 is 20.5. The van der Waals surface area contributed by atoms with Gasteiger partial charge in [0.1, 0.15) is 12.9 Å². The Kier molecular flexibility index (Phi) is 16.1. The second-order valence-corrected chi connectivity index (χ2v) is 3.97. The molecule has 0 saturated carbocycles. The number of carbonyl (C=O) groups excluding carboxylic acids is 1. The molecule has 8 heteroatoms.